The van der Waals surface area contributed by atoms with Gasteiger partial charge in [-0.05, 0) is 12.8 Å². The first kappa shape index (κ1) is 12.6. The Morgan fingerprint density at radius 3 is 2.75 bits per heavy atom. The second kappa shape index (κ2) is 5.60. The zero-order valence-electron chi connectivity index (χ0n) is 9.75. The van der Waals surface area contributed by atoms with E-state index in [-0.39, 0.29) is 11.8 Å². The molecule has 16 heavy (non-hydrogen) atoms. The van der Waals surface area contributed by atoms with Crippen molar-refractivity contribution in [3.8, 4) is 0 Å². The Morgan fingerprint density at radius 1 is 1.56 bits per heavy atom. The fourth-order valence-corrected chi connectivity index (χ4v) is 1.03. The summed E-state index contributed by atoms with van der Waals surface area (Å²) in [5, 5.41) is 15.8. The number of carboxylic acids is 1. The van der Waals surface area contributed by atoms with Gasteiger partial charge in [-0.3, -0.25) is 0 Å². The molecule has 1 aromatic heterocycles. The minimum Gasteiger partial charge on any atom is -0.476 e. The van der Waals surface area contributed by atoms with E-state index >= 15 is 0 Å². The van der Waals surface area contributed by atoms with Crippen molar-refractivity contribution in [1.29, 1.82) is 0 Å². The number of nitrogens with zero attached hydrogens (tertiary/aromatic N) is 3. The van der Waals surface area contributed by atoms with Gasteiger partial charge in [-0.2, -0.15) is 0 Å². The molecule has 0 aliphatic heterocycles. The van der Waals surface area contributed by atoms with Crippen LogP contribution in [0.1, 0.15) is 31.3 Å². The lowest BCUT2D eigenvalue weighted by atomic mass is 10.1. The predicted octanol–water partition coefficient (Wildman–Crippen LogP) is 1.04. The van der Waals surface area contributed by atoms with E-state index in [0.717, 1.165) is 0 Å². The number of carbonyl (C=O) groups is 1. The van der Waals surface area contributed by atoms with E-state index < -0.39 is 5.97 Å². The molecule has 6 nitrogen and oxygen atoms in total. The third-order valence-corrected chi connectivity index (χ3v) is 2.40. The molecule has 6 heteroatoms. The number of rotatable bonds is 6. The van der Waals surface area contributed by atoms with Gasteiger partial charge in [0.2, 0.25) is 0 Å². The van der Waals surface area contributed by atoms with E-state index in [9.17, 15) is 4.79 Å². The van der Waals surface area contributed by atoms with Crippen molar-refractivity contribution < 1.29 is 14.6 Å². The van der Waals surface area contributed by atoms with Crippen molar-refractivity contribution in [1.82, 2.24) is 15.0 Å². The van der Waals surface area contributed by atoms with Gasteiger partial charge in [-0.15, -0.1) is 5.10 Å². The van der Waals surface area contributed by atoms with Crippen LogP contribution in [0.5, 0.6) is 0 Å². The van der Waals surface area contributed by atoms with E-state index in [1.165, 1.54) is 10.9 Å². The number of hydrogen-bond donors (Lipinski definition) is 1. The first-order chi connectivity index (χ1) is 7.50. The van der Waals surface area contributed by atoms with Crippen LogP contribution in [-0.2, 0) is 11.3 Å². The Kier molecular flexibility index (Phi) is 4.42. The summed E-state index contributed by atoms with van der Waals surface area (Å²) in [4.78, 5) is 10.5. The zero-order valence-corrected chi connectivity index (χ0v) is 9.75. The highest BCUT2D eigenvalue weighted by Crippen LogP contribution is 2.04. The van der Waals surface area contributed by atoms with E-state index in [0.29, 0.717) is 19.1 Å². The molecule has 1 unspecified atom stereocenters. The minimum absolute atomic E-state index is 0.0445. The topological polar surface area (TPSA) is 77.2 Å². The monoisotopic (exact) mass is 227 g/mol. The largest absolute Gasteiger partial charge is 0.476 e. The van der Waals surface area contributed by atoms with Crippen molar-refractivity contribution >= 4 is 5.97 Å². The fourth-order valence-electron chi connectivity index (χ4n) is 1.03. The molecule has 1 heterocycles. The predicted molar refractivity (Wildman–Crippen MR) is 57.2 cm³/mol. The fraction of sp³-hybridized carbons (Fsp3) is 0.700. The summed E-state index contributed by atoms with van der Waals surface area (Å²) >= 11 is 0. The van der Waals surface area contributed by atoms with Gasteiger partial charge in [0, 0.05) is 0 Å². The van der Waals surface area contributed by atoms with E-state index in [1.807, 2.05) is 6.92 Å². The summed E-state index contributed by atoms with van der Waals surface area (Å²) in [7, 11) is 0. The molecule has 0 amide bonds. The maximum absolute atomic E-state index is 10.5. The van der Waals surface area contributed by atoms with Crippen LogP contribution in [0.4, 0.5) is 0 Å². The third-order valence-electron chi connectivity index (χ3n) is 2.40. The van der Waals surface area contributed by atoms with Crippen LogP contribution in [-0.4, -0.2) is 38.8 Å². The molecule has 90 valence electrons. The maximum Gasteiger partial charge on any atom is 0.358 e. The highest BCUT2D eigenvalue weighted by molar-refractivity contribution is 5.84. The van der Waals surface area contributed by atoms with E-state index in [4.69, 9.17) is 9.84 Å². The molecule has 0 bridgehead atoms. The molecule has 0 radical (unpaired) electrons. The van der Waals surface area contributed by atoms with E-state index in [2.05, 4.69) is 24.2 Å². The molecule has 0 aliphatic carbocycles. The average Bonchev–Trinajstić information content (AvgIpc) is 2.66. The number of ether oxygens (including phenoxy) is 1. The molecule has 0 saturated heterocycles. The Morgan fingerprint density at radius 2 is 2.25 bits per heavy atom. The first-order valence-corrected chi connectivity index (χ1v) is 5.25. The minimum atomic E-state index is -1.07. The molecule has 0 spiro atoms. The van der Waals surface area contributed by atoms with Gasteiger partial charge in [0.25, 0.3) is 0 Å². The summed E-state index contributed by atoms with van der Waals surface area (Å²) in [6.07, 6.45) is 1.58. The molecule has 1 N–H and O–H groups in total. The average molecular weight is 227 g/mol. The first-order valence-electron chi connectivity index (χ1n) is 5.25. The smallest absolute Gasteiger partial charge is 0.358 e. The summed E-state index contributed by atoms with van der Waals surface area (Å²) < 4.78 is 7.01. The Balaban J connectivity index is 2.35. The zero-order chi connectivity index (χ0) is 12.1. The molecule has 0 fully saturated rings. The quantitative estimate of drug-likeness (QED) is 0.785. The maximum atomic E-state index is 10.5. The van der Waals surface area contributed by atoms with Crippen molar-refractivity contribution in [2.75, 3.05) is 6.61 Å². The van der Waals surface area contributed by atoms with Gasteiger partial charge in [-0.25, -0.2) is 9.48 Å². The lowest BCUT2D eigenvalue weighted by molar-refractivity contribution is 0.0293. The summed E-state index contributed by atoms with van der Waals surface area (Å²) in [6.45, 7) is 7.19. The summed E-state index contributed by atoms with van der Waals surface area (Å²) in [5.74, 6) is -0.604. The van der Waals surface area contributed by atoms with Gasteiger partial charge < -0.3 is 9.84 Å². The molecule has 0 aromatic carbocycles. The second-order valence-electron chi connectivity index (χ2n) is 3.99. The molecule has 0 saturated carbocycles. The molecule has 1 atom stereocenters. The van der Waals surface area contributed by atoms with E-state index in [1.54, 1.807) is 0 Å². The van der Waals surface area contributed by atoms with Crippen LogP contribution in [0.3, 0.4) is 0 Å². The van der Waals surface area contributed by atoms with Crippen molar-refractivity contribution in [3.05, 3.63) is 11.9 Å². The van der Waals surface area contributed by atoms with Crippen molar-refractivity contribution in [2.24, 2.45) is 5.92 Å². The number of carboxylic acid groups (broad SMARTS) is 1. The lowest BCUT2D eigenvalue weighted by Gasteiger charge is -2.16. The van der Waals surface area contributed by atoms with Crippen LogP contribution in [0.25, 0.3) is 0 Å². The van der Waals surface area contributed by atoms with Gasteiger partial charge in [0.1, 0.15) is 0 Å². The van der Waals surface area contributed by atoms with Crippen LogP contribution in [0.2, 0.25) is 0 Å². The molecular formula is C10H17N3O3. The summed E-state index contributed by atoms with van der Waals surface area (Å²) in [6, 6.07) is 0. The molecule has 1 aromatic rings. The van der Waals surface area contributed by atoms with Crippen molar-refractivity contribution in [2.45, 2.75) is 33.4 Å². The molecule has 0 aliphatic rings. The Bertz CT molecular complexity index is 349. The Labute approximate surface area is 94.2 Å². The lowest BCUT2D eigenvalue weighted by Crippen LogP contribution is -2.18. The molecule has 1 rings (SSSR count). The van der Waals surface area contributed by atoms with Crippen LogP contribution in [0.15, 0.2) is 6.20 Å². The van der Waals surface area contributed by atoms with Gasteiger partial charge in [-0.1, -0.05) is 19.1 Å². The van der Waals surface area contributed by atoms with Gasteiger partial charge >= 0.3 is 5.97 Å². The molecular weight excluding hydrogens is 210 g/mol. The van der Waals surface area contributed by atoms with Gasteiger partial charge in [0.05, 0.1) is 25.5 Å². The normalized spacial score (nSPS) is 13.0. The van der Waals surface area contributed by atoms with Crippen LogP contribution < -0.4 is 0 Å². The van der Waals surface area contributed by atoms with Crippen molar-refractivity contribution in [3.63, 3.8) is 0 Å². The highest BCUT2D eigenvalue weighted by atomic mass is 16.5. The van der Waals surface area contributed by atoms with Crippen LogP contribution in [0, 0.1) is 5.92 Å². The highest BCUT2D eigenvalue weighted by Gasteiger charge is 2.09. The number of aromatic carboxylic acids is 1. The van der Waals surface area contributed by atoms with Crippen LogP contribution >= 0.6 is 0 Å². The summed E-state index contributed by atoms with van der Waals surface area (Å²) in [5.41, 5.74) is -0.0445. The second-order valence-corrected chi connectivity index (χ2v) is 3.99. The third kappa shape index (κ3) is 3.62. The van der Waals surface area contributed by atoms with Gasteiger partial charge in [0.15, 0.2) is 5.69 Å². The SMILES string of the molecule is CC(C)C(C)OCCn1cc(C(=O)O)nn1. The number of hydrogen-bond acceptors (Lipinski definition) is 4. The standard InChI is InChI=1S/C10H17N3O3/c1-7(2)8(3)16-5-4-13-6-9(10(14)15)11-12-13/h6-8H,4-5H2,1-3H3,(H,14,15). The Hall–Kier alpha value is -1.43. The number of aromatic nitrogens is 3.